The summed E-state index contributed by atoms with van der Waals surface area (Å²) < 4.78 is 5.08. The average molecular weight is 415 g/mol. The summed E-state index contributed by atoms with van der Waals surface area (Å²) >= 11 is 2.86. The summed E-state index contributed by atoms with van der Waals surface area (Å²) in [6, 6.07) is 10.0. The maximum absolute atomic E-state index is 12.2. The lowest BCUT2D eigenvalue weighted by Crippen LogP contribution is -2.21. The van der Waals surface area contributed by atoms with E-state index in [0.29, 0.717) is 10.6 Å². The summed E-state index contributed by atoms with van der Waals surface area (Å²) in [5, 5.41) is 12.8. The molecule has 1 amide bonds. The monoisotopic (exact) mass is 414 g/mol. The Morgan fingerprint density at radius 3 is 2.82 bits per heavy atom. The average Bonchev–Trinajstić information content (AvgIpc) is 2.85. The van der Waals surface area contributed by atoms with E-state index in [1.807, 2.05) is 31.2 Å². The highest BCUT2D eigenvalue weighted by atomic mass is 32.2. The van der Waals surface area contributed by atoms with E-state index < -0.39 is 11.9 Å². The van der Waals surface area contributed by atoms with Crippen molar-refractivity contribution < 1.29 is 14.3 Å². The minimum atomic E-state index is -0.439. The lowest BCUT2D eigenvalue weighted by Gasteiger charge is -2.07. The maximum atomic E-state index is 12.2. The molecular weight excluding hydrogens is 392 g/mol. The highest BCUT2D eigenvalue weighted by Gasteiger charge is 2.21. The molecular formula is C21H22N2O3S2. The first-order valence-electron chi connectivity index (χ1n) is 9.27. The topological polar surface area (TPSA) is 79.2 Å². The Labute approximate surface area is 173 Å². The number of hydrogen-bond donors (Lipinski definition) is 1. The van der Waals surface area contributed by atoms with E-state index in [0.717, 1.165) is 41.7 Å². The summed E-state index contributed by atoms with van der Waals surface area (Å²) in [6.07, 6.45) is 5.19. The molecule has 0 bridgehead atoms. The molecule has 0 atom stereocenters. The molecule has 0 fully saturated rings. The van der Waals surface area contributed by atoms with Crippen LogP contribution in [-0.2, 0) is 27.2 Å². The molecule has 28 heavy (non-hydrogen) atoms. The number of aryl methyl sites for hydroxylation is 2. The summed E-state index contributed by atoms with van der Waals surface area (Å²) in [7, 11) is 0. The van der Waals surface area contributed by atoms with Crippen LogP contribution in [0.1, 0.15) is 40.8 Å². The van der Waals surface area contributed by atoms with Gasteiger partial charge in [0, 0.05) is 9.77 Å². The molecule has 1 heterocycles. The standard InChI is InChI=1S/C21H22N2O3S2/c1-14-7-5-6-9-17(14)27-13-20(25)26-12-19(24)23-21-16(11-22)15-8-3-2-4-10-18(15)28-21/h5-7,9H,2-4,8,10,12-13H2,1H3,(H,23,24). The number of carbonyl (C=O) groups excluding carboxylic acids is 2. The number of rotatable bonds is 6. The van der Waals surface area contributed by atoms with Crippen molar-refractivity contribution in [3.05, 3.63) is 45.8 Å². The Kier molecular flexibility index (Phi) is 7.12. The summed E-state index contributed by atoms with van der Waals surface area (Å²) in [6.45, 7) is 1.64. The van der Waals surface area contributed by atoms with Gasteiger partial charge in [-0.2, -0.15) is 5.26 Å². The smallest absolute Gasteiger partial charge is 0.316 e. The number of carbonyl (C=O) groups is 2. The molecule has 1 aliphatic carbocycles. The third kappa shape index (κ3) is 5.15. The van der Waals surface area contributed by atoms with Crippen molar-refractivity contribution >= 4 is 40.0 Å². The van der Waals surface area contributed by atoms with Crippen molar-refractivity contribution in [2.45, 2.75) is 43.9 Å². The summed E-state index contributed by atoms with van der Waals surface area (Å²) in [5.74, 6) is -0.706. The summed E-state index contributed by atoms with van der Waals surface area (Å²) in [4.78, 5) is 26.3. The molecule has 2 aromatic rings. The van der Waals surface area contributed by atoms with Gasteiger partial charge in [-0.15, -0.1) is 23.1 Å². The lowest BCUT2D eigenvalue weighted by atomic mass is 10.1. The number of fused-ring (bicyclic) bond motifs is 1. The van der Waals surface area contributed by atoms with Crippen LogP contribution < -0.4 is 5.32 Å². The number of hydrogen-bond acceptors (Lipinski definition) is 6. The first-order valence-corrected chi connectivity index (χ1v) is 11.1. The second-order valence-corrected chi connectivity index (χ2v) is 8.77. The van der Waals surface area contributed by atoms with E-state index in [1.165, 1.54) is 34.4 Å². The minimum Gasteiger partial charge on any atom is -0.455 e. The number of ether oxygens (including phenoxy) is 1. The molecule has 1 aliphatic rings. The van der Waals surface area contributed by atoms with Crippen molar-refractivity contribution in [1.82, 2.24) is 0 Å². The molecule has 3 rings (SSSR count). The second kappa shape index (κ2) is 9.76. The number of thiophene rings is 1. The van der Waals surface area contributed by atoms with Gasteiger partial charge in [0.05, 0.1) is 11.3 Å². The zero-order valence-electron chi connectivity index (χ0n) is 15.7. The number of benzene rings is 1. The van der Waals surface area contributed by atoms with E-state index >= 15 is 0 Å². The van der Waals surface area contributed by atoms with Crippen LogP contribution in [-0.4, -0.2) is 24.2 Å². The van der Waals surface area contributed by atoms with Gasteiger partial charge in [0.25, 0.3) is 5.91 Å². The molecule has 0 saturated carbocycles. The zero-order valence-corrected chi connectivity index (χ0v) is 17.4. The van der Waals surface area contributed by atoms with Crippen LogP contribution in [0.15, 0.2) is 29.2 Å². The fourth-order valence-electron chi connectivity index (χ4n) is 3.15. The van der Waals surface area contributed by atoms with Crippen LogP contribution in [0.5, 0.6) is 0 Å². The van der Waals surface area contributed by atoms with Crippen LogP contribution in [0.25, 0.3) is 0 Å². The maximum Gasteiger partial charge on any atom is 0.316 e. The third-order valence-electron chi connectivity index (χ3n) is 4.59. The van der Waals surface area contributed by atoms with Crippen molar-refractivity contribution in [2.24, 2.45) is 0 Å². The molecule has 146 valence electrons. The number of nitrogens with one attached hydrogen (secondary N) is 1. The highest BCUT2D eigenvalue weighted by molar-refractivity contribution is 8.00. The number of nitrogens with zero attached hydrogens (tertiary/aromatic N) is 1. The molecule has 0 saturated heterocycles. The number of amides is 1. The lowest BCUT2D eigenvalue weighted by molar-refractivity contribution is -0.144. The third-order valence-corrected chi connectivity index (χ3v) is 6.95. The van der Waals surface area contributed by atoms with Crippen molar-refractivity contribution in [3.63, 3.8) is 0 Å². The Hall–Kier alpha value is -2.30. The first kappa shape index (κ1) is 20.4. The number of esters is 1. The predicted octanol–water partition coefficient (Wildman–Crippen LogP) is 4.47. The van der Waals surface area contributed by atoms with Gasteiger partial charge in [-0.1, -0.05) is 24.6 Å². The van der Waals surface area contributed by atoms with E-state index in [2.05, 4.69) is 11.4 Å². The fourth-order valence-corrected chi connectivity index (χ4v) is 5.24. The molecule has 1 aromatic heterocycles. The van der Waals surface area contributed by atoms with Gasteiger partial charge in [0.1, 0.15) is 11.1 Å². The van der Waals surface area contributed by atoms with Gasteiger partial charge in [-0.25, -0.2) is 0 Å². The Morgan fingerprint density at radius 1 is 1.25 bits per heavy atom. The normalized spacial score (nSPS) is 13.1. The van der Waals surface area contributed by atoms with Gasteiger partial charge < -0.3 is 10.1 Å². The minimum absolute atomic E-state index is 0.148. The van der Waals surface area contributed by atoms with Crippen molar-refractivity contribution in [3.8, 4) is 6.07 Å². The van der Waals surface area contributed by atoms with Crippen molar-refractivity contribution in [2.75, 3.05) is 17.7 Å². The van der Waals surface area contributed by atoms with Crippen molar-refractivity contribution in [1.29, 1.82) is 5.26 Å². The Morgan fingerprint density at radius 2 is 2.04 bits per heavy atom. The van der Waals surface area contributed by atoms with Gasteiger partial charge in [0.15, 0.2) is 6.61 Å². The van der Waals surface area contributed by atoms with Crippen LogP contribution in [0.2, 0.25) is 0 Å². The van der Waals surface area contributed by atoms with Gasteiger partial charge >= 0.3 is 5.97 Å². The van der Waals surface area contributed by atoms with Crippen LogP contribution in [0, 0.1) is 18.3 Å². The SMILES string of the molecule is Cc1ccccc1SCC(=O)OCC(=O)Nc1sc2c(c1C#N)CCCCC2. The van der Waals surface area contributed by atoms with E-state index in [9.17, 15) is 14.9 Å². The first-order chi connectivity index (χ1) is 13.6. The number of thioether (sulfide) groups is 1. The van der Waals surface area contributed by atoms with Gasteiger partial charge in [-0.3, -0.25) is 9.59 Å². The van der Waals surface area contributed by atoms with E-state index in [-0.39, 0.29) is 12.4 Å². The van der Waals surface area contributed by atoms with E-state index in [4.69, 9.17) is 4.74 Å². The Bertz CT molecular complexity index is 915. The largest absolute Gasteiger partial charge is 0.455 e. The van der Waals surface area contributed by atoms with Crippen LogP contribution in [0.3, 0.4) is 0 Å². The number of anilines is 1. The molecule has 0 spiro atoms. The predicted molar refractivity (Wildman–Crippen MR) is 112 cm³/mol. The molecule has 5 nitrogen and oxygen atoms in total. The molecule has 1 N–H and O–H groups in total. The fraction of sp³-hybridized carbons (Fsp3) is 0.381. The quantitative estimate of drug-likeness (QED) is 0.429. The van der Waals surface area contributed by atoms with Crippen LogP contribution in [0.4, 0.5) is 5.00 Å². The van der Waals surface area contributed by atoms with Crippen LogP contribution >= 0.6 is 23.1 Å². The molecule has 0 unspecified atom stereocenters. The Balaban J connectivity index is 1.51. The molecule has 1 aromatic carbocycles. The van der Waals surface area contributed by atoms with Gasteiger partial charge in [-0.05, 0) is 49.8 Å². The summed E-state index contributed by atoms with van der Waals surface area (Å²) in [5.41, 5.74) is 2.74. The molecule has 0 aliphatic heterocycles. The second-order valence-electron chi connectivity index (χ2n) is 6.64. The number of nitriles is 1. The molecule has 7 heteroatoms. The van der Waals surface area contributed by atoms with E-state index in [1.54, 1.807) is 0 Å². The van der Waals surface area contributed by atoms with Gasteiger partial charge in [0.2, 0.25) is 0 Å². The zero-order chi connectivity index (χ0) is 19.9. The highest BCUT2D eigenvalue weighted by Crippen LogP contribution is 2.36. The molecule has 0 radical (unpaired) electrons.